The molecule has 0 spiro atoms. The quantitative estimate of drug-likeness (QED) is 0.862. The number of nitrogens with one attached hydrogen (secondary N) is 1. The van der Waals surface area contributed by atoms with Crippen LogP contribution in [-0.2, 0) is 11.2 Å². The number of amides is 1. The van der Waals surface area contributed by atoms with Crippen molar-refractivity contribution in [2.45, 2.75) is 6.42 Å². The van der Waals surface area contributed by atoms with E-state index in [0.717, 1.165) is 11.6 Å². The van der Waals surface area contributed by atoms with Crippen molar-refractivity contribution < 1.29 is 13.9 Å². The Kier molecular flexibility index (Phi) is 5.20. The highest BCUT2D eigenvalue weighted by molar-refractivity contribution is 9.10. The number of halogens is 3. The first-order valence-corrected chi connectivity index (χ1v) is 7.24. The minimum absolute atomic E-state index is 0.129. The number of para-hydroxylation sites is 1. The van der Waals surface area contributed by atoms with E-state index in [1.807, 2.05) is 12.1 Å². The molecule has 0 heterocycles. The van der Waals surface area contributed by atoms with Gasteiger partial charge in [0.25, 0.3) is 0 Å². The van der Waals surface area contributed by atoms with Gasteiger partial charge in [0.15, 0.2) is 0 Å². The van der Waals surface area contributed by atoms with Crippen LogP contribution in [0.5, 0.6) is 5.75 Å². The normalized spacial score (nSPS) is 10.3. The summed E-state index contributed by atoms with van der Waals surface area (Å²) in [6.45, 7) is 0. The molecule has 0 aliphatic carbocycles. The van der Waals surface area contributed by atoms with Crippen molar-refractivity contribution in [2.75, 3.05) is 12.4 Å². The molecule has 0 unspecified atom stereocenters. The van der Waals surface area contributed by atoms with Crippen LogP contribution in [0.2, 0.25) is 5.02 Å². The third-order valence-electron chi connectivity index (χ3n) is 2.81. The van der Waals surface area contributed by atoms with Gasteiger partial charge in [-0.05, 0) is 34.1 Å². The van der Waals surface area contributed by atoms with Gasteiger partial charge in [0.05, 0.1) is 24.2 Å². The van der Waals surface area contributed by atoms with Crippen LogP contribution in [0, 0.1) is 5.82 Å². The first kappa shape index (κ1) is 15.8. The SMILES string of the molecule is COc1ccccc1CC(=O)Nc1c(Cl)cc(F)cc1Br. The fourth-order valence-electron chi connectivity index (χ4n) is 1.87. The van der Waals surface area contributed by atoms with Crippen molar-refractivity contribution in [3.8, 4) is 5.75 Å². The van der Waals surface area contributed by atoms with Gasteiger partial charge in [-0.1, -0.05) is 29.8 Å². The second kappa shape index (κ2) is 6.91. The van der Waals surface area contributed by atoms with E-state index >= 15 is 0 Å². The molecule has 6 heteroatoms. The second-order valence-electron chi connectivity index (χ2n) is 4.28. The number of hydrogen-bond acceptors (Lipinski definition) is 2. The molecule has 0 aliphatic rings. The van der Waals surface area contributed by atoms with Gasteiger partial charge in [-0.2, -0.15) is 0 Å². The smallest absolute Gasteiger partial charge is 0.229 e. The predicted octanol–water partition coefficient (Wildman–Crippen LogP) is 4.43. The molecule has 1 N–H and O–H groups in total. The van der Waals surface area contributed by atoms with Gasteiger partial charge in [-0.15, -0.1) is 0 Å². The molecule has 110 valence electrons. The van der Waals surface area contributed by atoms with Gasteiger partial charge < -0.3 is 10.1 Å². The summed E-state index contributed by atoms with van der Waals surface area (Å²) in [5, 5.41) is 2.80. The van der Waals surface area contributed by atoms with E-state index in [1.165, 1.54) is 6.07 Å². The molecule has 0 saturated heterocycles. The molecule has 2 rings (SSSR count). The topological polar surface area (TPSA) is 38.3 Å². The van der Waals surface area contributed by atoms with Crippen LogP contribution < -0.4 is 10.1 Å². The van der Waals surface area contributed by atoms with Crippen LogP contribution in [0.3, 0.4) is 0 Å². The van der Waals surface area contributed by atoms with Crippen LogP contribution in [0.4, 0.5) is 10.1 Å². The molecule has 0 atom stereocenters. The Morgan fingerprint density at radius 3 is 2.76 bits per heavy atom. The van der Waals surface area contributed by atoms with E-state index in [4.69, 9.17) is 16.3 Å². The fraction of sp³-hybridized carbons (Fsp3) is 0.133. The maximum Gasteiger partial charge on any atom is 0.229 e. The zero-order chi connectivity index (χ0) is 15.4. The Bertz CT molecular complexity index is 655. The van der Waals surface area contributed by atoms with Gasteiger partial charge in [-0.25, -0.2) is 4.39 Å². The Hall–Kier alpha value is -1.59. The summed E-state index contributed by atoms with van der Waals surface area (Å²) in [5.74, 6) is -0.111. The third kappa shape index (κ3) is 3.95. The second-order valence-corrected chi connectivity index (χ2v) is 5.54. The summed E-state index contributed by atoms with van der Waals surface area (Å²) in [6, 6.07) is 9.62. The van der Waals surface area contributed by atoms with Crippen LogP contribution in [0.15, 0.2) is 40.9 Å². The molecule has 21 heavy (non-hydrogen) atoms. The van der Waals surface area contributed by atoms with Crippen molar-refractivity contribution in [1.82, 2.24) is 0 Å². The zero-order valence-electron chi connectivity index (χ0n) is 11.1. The lowest BCUT2D eigenvalue weighted by molar-refractivity contribution is -0.115. The van der Waals surface area contributed by atoms with E-state index in [0.29, 0.717) is 15.9 Å². The van der Waals surface area contributed by atoms with Gasteiger partial charge in [0, 0.05) is 10.0 Å². The van der Waals surface area contributed by atoms with Gasteiger partial charge in [0.1, 0.15) is 11.6 Å². The van der Waals surface area contributed by atoms with Gasteiger partial charge in [-0.3, -0.25) is 4.79 Å². The van der Waals surface area contributed by atoms with Crippen molar-refractivity contribution in [3.05, 3.63) is 57.3 Å². The van der Waals surface area contributed by atoms with Gasteiger partial charge >= 0.3 is 0 Å². The third-order valence-corrected chi connectivity index (χ3v) is 3.74. The molecule has 2 aromatic rings. The average molecular weight is 373 g/mol. The number of hydrogen-bond donors (Lipinski definition) is 1. The average Bonchev–Trinajstić information content (AvgIpc) is 2.43. The molecule has 1 amide bonds. The molecule has 0 radical (unpaired) electrons. The lowest BCUT2D eigenvalue weighted by atomic mass is 10.1. The van der Waals surface area contributed by atoms with E-state index in [-0.39, 0.29) is 17.4 Å². The maximum atomic E-state index is 13.1. The van der Waals surface area contributed by atoms with Crippen LogP contribution in [-0.4, -0.2) is 13.0 Å². The Morgan fingerprint density at radius 1 is 1.38 bits per heavy atom. The van der Waals surface area contributed by atoms with Crippen LogP contribution >= 0.6 is 27.5 Å². The summed E-state index contributed by atoms with van der Waals surface area (Å²) in [4.78, 5) is 12.1. The van der Waals surface area contributed by atoms with E-state index in [2.05, 4.69) is 21.2 Å². The van der Waals surface area contributed by atoms with E-state index in [1.54, 1.807) is 19.2 Å². The zero-order valence-corrected chi connectivity index (χ0v) is 13.5. The number of carbonyl (C=O) groups excluding carboxylic acids is 1. The highest BCUT2D eigenvalue weighted by atomic mass is 79.9. The number of methoxy groups -OCH3 is 1. The van der Waals surface area contributed by atoms with Crippen molar-refractivity contribution in [2.24, 2.45) is 0 Å². The number of benzene rings is 2. The van der Waals surface area contributed by atoms with Crippen LogP contribution in [0.1, 0.15) is 5.56 Å². The Morgan fingerprint density at radius 2 is 2.10 bits per heavy atom. The standard InChI is InChI=1S/C15H12BrClFNO2/c1-21-13-5-3-2-4-9(13)6-14(20)19-15-11(16)7-10(18)8-12(15)17/h2-5,7-8H,6H2,1H3,(H,19,20). The monoisotopic (exact) mass is 371 g/mol. The lowest BCUT2D eigenvalue weighted by Crippen LogP contribution is -2.15. The predicted molar refractivity (Wildman–Crippen MR) is 84.4 cm³/mol. The molecule has 0 bridgehead atoms. The van der Waals surface area contributed by atoms with Crippen molar-refractivity contribution in [1.29, 1.82) is 0 Å². The largest absolute Gasteiger partial charge is 0.496 e. The number of anilines is 1. The Balaban J connectivity index is 2.16. The molecule has 0 aliphatic heterocycles. The molecule has 3 nitrogen and oxygen atoms in total. The minimum atomic E-state index is -0.477. The van der Waals surface area contributed by atoms with Crippen molar-refractivity contribution >= 4 is 39.1 Å². The molecular formula is C15H12BrClFNO2. The Labute approximate surface area is 135 Å². The molecule has 2 aromatic carbocycles. The molecule has 0 aromatic heterocycles. The van der Waals surface area contributed by atoms with Crippen LogP contribution in [0.25, 0.3) is 0 Å². The highest BCUT2D eigenvalue weighted by Gasteiger charge is 2.13. The summed E-state index contributed by atoms with van der Waals surface area (Å²) in [6.07, 6.45) is 0.129. The van der Waals surface area contributed by atoms with E-state index in [9.17, 15) is 9.18 Å². The van der Waals surface area contributed by atoms with Crippen molar-refractivity contribution in [3.63, 3.8) is 0 Å². The number of carbonyl (C=O) groups is 1. The first-order valence-electron chi connectivity index (χ1n) is 6.07. The number of rotatable bonds is 4. The van der Waals surface area contributed by atoms with Gasteiger partial charge in [0.2, 0.25) is 5.91 Å². The summed E-state index contributed by atoms with van der Waals surface area (Å²) in [5.41, 5.74) is 1.10. The summed E-state index contributed by atoms with van der Waals surface area (Å²) < 4.78 is 18.7. The minimum Gasteiger partial charge on any atom is -0.496 e. The first-order chi connectivity index (χ1) is 10.0. The fourth-order valence-corrected chi connectivity index (χ4v) is 2.77. The number of ether oxygens (including phenoxy) is 1. The maximum absolute atomic E-state index is 13.1. The summed E-state index contributed by atoms with van der Waals surface area (Å²) >= 11 is 9.11. The molecule has 0 saturated carbocycles. The van der Waals surface area contributed by atoms with E-state index < -0.39 is 5.82 Å². The molecular weight excluding hydrogens is 361 g/mol. The molecule has 0 fully saturated rings. The highest BCUT2D eigenvalue weighted by Crippen LogP contribution is 2.32. The summed E-state index contributed by atoms with van der Waals surface area (Å²) in [7, 11) is 1.55. The lowest BCUT2D eigenvalue weighted by Gasteiger charge is -2.11.